The van der Waals surface area contributed by atoms with E-state index in [-0.39, 0.29) is 0 Å². The molecule has 0 radical (unpaired) electrons. The number of rotatable bonds is 6. The first kappa shape index (κ1) is 15.7. The number of nitrogens with one attached hydrogen (secondary N) is 1. The Morgan fingerprint density at radius 3 is 2.44 bits per heavy atom. The Labute approximate surface area is 114 Å². The molecule has 1 fully saturated rings. The lowest BCUT2D eigenvalue weighted by Gasteiger charge is -2.49. The van der Waals surface area contributed by atoms with E-state index in [9.17, 15) is 0 Å². The van der Waals surface area contributed by atoms with Gasteiger partial charge in [-0.2, -0.15) is 0 Å². The Morgan fingerprint density at radius 1 is 1.28 bits per heavy atom. The Balaban J connectivity index is 2.75. The van der Waals surface area contributed by atoms with Crippen LogP contribution in [-0.2, 0) is 0 Å². The fraction of sp³-hybridized carbons (Fsp3) is 0.875. The molecule has 0 amide bonds. The van der Waals surface area contributed by atoms with Crippen LogP contribution in [0.4, 0.5) is 0 Å². The Kier molecular flexibility index (Phi) is 6.37. The van der Waals surface area contributed by atoms with Gasteiger partial charge in [-0.05, 0) is 33.1 Å². The van der Waals surface area contributed by atoms with Crippen LogP contribution in [0.1, 0.15) is 60.3 Å². The molecule has 1 N–H and O–H groups in total. The summed E-state index contributed by atoms with van der Waals surface area (Å²) < 4.78 is 0. The van der Waals surface area contributed by atoms with Crippen LogP contribution in [0.15, 0.2) is 11.6 Å². The third-order valence-corrected chi connectivity index (χ3v) is 4.50. The zero-order valence-corrected chi connectivity index (χ0v) is 13.1. The molecule has 1 saturated heterocycles. The minimum atomic E-state index is 0.371. The minimum absolute atomic E-state index is 0.371. The Hall–Kier alpha value is -0.340. The van der Waals surface area contributed by atoms with Crippen molar-refractivity contribution in [2.45, 2.75) is 71.9 Å². The van der Waals surface area contributed by atoms with Gasteiger partial charge in [0.2, 0.25) is 0 Å². The topological polar surface area (TPSA) is 15.3 Å². The van der Waals surface area contributed by atoms with Crippen LogP contribution >= 0.6 is 0 Å². The molecule has 0 bridgehead atoms. The van der Waals surface area contributed by atoms with Crippen molar-refractivity contribution >= 4 is 0 Å². The van der Waals surface area contributed by atoms with E-state index in [0.717, 1.165) is 13.1 Å². The largest absolute Gasteiger partial charge is 0.311 e. The summed E-state index contributed by atoms with van der Waals surface area (Å²) in [5.41, 5.74) is 1.80. The van der Waals surface area contributed by atoms with Crippen molar-refractivity contribution in [1.29, 1.82) is 0 Å². The summed E-state index contributed by atoms with van der Waals surface area (Å²) in [5, 5.41) is 3.77. The summed E-state index contributed by atoms with van der Waals surface area (Å²) in [4.78, 5) is 2.72. The van der Waals surface area contributed by atoms with E-state index in [0.29, 0.717) is 11.6 Å². The summed E-state index contributed by atoms with van der Waals surface area (Å²) in [6, 6.07) is 0.687. The molecule has 0 aromatic carbocycles. The maximum Gasteiger partial charge on any atom is 0.0332 e. The number of nitrogens with zero attached hydrogens (tertiary/aromatic N) is 1. The van der Waals surface area contributed by atoms with E-state index in [1.807, 2.05) is 0 Å². The van der Waals surface area contributed by atoms with Gasteiger partial charge in [0.1, 0.15) is 0 Å². The third kappa shape index (κ3) is 3.83. The van der Waals surface area contributed by atoms with Crippen molar-refractivity contribution in [3.63, 3.8) is 0 Å². The summed E-state index contributed by atoms with van der Waals surface area (Å²) in [6.45, 7) is 14.8. The molecule has 1 atom stereocenters. The fourth-order valence-electron chi connectivity index (χ4n) is 3.02. The van der Waals surface area contributed by atoms with Gasteiger partial charge in [-0.3, -0.25) is 4.90 Å². The van der Waals surface area contributed by atoms with Gasteiger partial charge >= 0.3 is 0 Å². The maximum atomic E-state index is 3.77. The highest BCUT2D eigenvalue weighted by atomic mass is 15.3. The zero-order valence-electron chi connectivity index (χ0n) is 13.1. The first-order chi connectivity index (χ1) is 8.57. The molecule has 0 aromatic rings. The maximum absolute atomic E-state index is 3.77. The first-order valence-corrected chi connectivity index (χ1v) is 7.69. The van der Waals surface area contributed by atoms with Crippen LogP contribution < -0.4 is 5.32 Å². The molecule has 1 unspecified atom stereocenters. The van der Waals surface area contributed by atoms with Gasteiger partial charge in [-0.25, -0.2) is 0 Å². The fourth-order valence-corrected chi connectivity index (χ4v) is 3.02. The third-order valence-electron chi connectivity index (χ3n) is 4.50. The average molecular weight is 252 g/mol. The van der Waals surface area contributed by atoms with Crippen molar-refractivity contribution < 1.29 is 0 Å². The lowest BCUT2D eigenvalue weighted by Crippen LogP contribution is -2.64. The van der Waals surface area contributed by atoms with Crippen molar-refractivity contribution in [1.82, 2.24) is 10.2 Å². The van der Waals surface area contributed by atoms with Crippen molar-refractivity contribution in [2.24, 2.45) is 0 Å². The normalized spacial score (nSPS) is 23.9. The second-order valence-electron chi connectivity index (χ2n) is 5.98. The Morgan fingerprint density at radius 2 is 1.94 bits per heavy atom. The van der Waals surface area contributed by atoms with Crippen LogP contribution in [-0.4, -0.2) is 36.1 Å². The molecular weight excluding hydrogens is 220 g/mol. The number of hydrogen-bond acceptors (Lipinski definition) is 2. The molecule has 0 aliphatic carbocycles. The molecule has 2 nitrogen and oxygen atoms in total. The van der Waals surface area contributed by atoms with Gasteiger partial charge < -0.3 is 5.32 Å². The van der Waals surface area contributed by atoms with Gasteiger partial charge in [0.05, 0.1) is 0 Å². The summed E-state index contributed by atoms with van der Waals surface area (Å²) in [7, 11) is 0. The predicted molar refractivity (Wildman–Crippen MR) is 81.0 cm³/mol. The van der Waals surface area contributed by atoms with Crippen molar-refractivity contribution in [2.75, 3.05) is 19.6 Å². The SMILES string of the molecule is CCCC1CN(CC=C(C)C)C(CC)(CC)CN1. The first-order valence-electron chi connectivity index (χ1n) is 7.69. The van der Waals surface area contributed by atoms with Crippen LogP contribution in [0, 0.1) is 0 Å². The van der Waals surface area contributed by atoms with E-state index < -0.39 is 0 Å². The smallest absolute Gasteiger partial charge is 0.0332 e. The van der Waals surface area contributed by atoms with Gasteiger partial charge in [-0.15, -0.1) is 0 Å². The molecule has 2 heteroatoms. The molecule has 1 heterocycles. The minimum Gasteiger partial charge on any atom is -0.311 e. The Bertz CT molecular complexity index is 262. The van der Waals surface area contributed by atoms with Crippen molar-refractivity contribution in [3.05, 3.63) is 11.6 Å². The van der Waals surface area contributed by atoms with E-state index in [4.69, 9.17) is 0 Å². The number of allylic oxidation sites excluding steroid dienone is 1. The highest BCUT2D eigenvalue weighted by Crippen LogP contribution is 2.27. The van der Waals surface area contributed by atoms with E-state index in [1.165, 1.54) is 37.8 Å². The summed E-state index contributed by atoms with van der Waals surface area (Å²) in [6.07, 6.45) is 7.44. The lowest BCUT2D eigenvalue weighted by molar-refractivity contribution is 0.0402. The van der Waals surface area contributed by atoms with Gasteiger partial charge in [-0.1, -0.05) is 38.8 Å². The van der Waals surface area contributed by atoms with Crippen LogP contribution in [0.25, 0.3) is 0 Å². The number of hydrogen-bond donors (Lipinski definition) is 1. The van der Waals surface area contributed by atoms with Crippen LogP contribution in [0.3, 0.4) is 0 Å². The molecule has 0 saturated carbocycles. The second-order valence-corrected chi connectivity index (χ2v) is 5.98. The second kappa shape index (κ2) is 7.30. The van der Waals surface area contributed by atoms with Crippen LogP contribution in [0.5, 0.6) is 0 Å². The molecule has 106 valence electrons. The van der Waals surface area contributed by atoms with Gasteiger partial charge in [0.15, 0.2) is 0 Å². The van der Waals surface area contributed by atoms with Gasteiger partial charge in [0.25, 0.3) is 0 Å². The van der Waals surface area contributed by atoms with E-state index in [1.54, 1.807) is 0 Å². The molecule has 1 aliphatic rings. The lowest BCUT2D eigenvalue weighted by atomic mass is 9.86. The zero-order chi connectivity index (χ0) is 13.6. The molecule has 0 spiro atoms. The molecule has 18 heavy (non-hydrogen) atoms. The average Bonchev–Trinajstić information content (AvgIpc) is 2.37. The molecule has 1 rings (SSSR count). The molecule has 0 aromatic heterocycles. The van der Waals surface area contributed by atoms with E-state index >= 15 is 0 Å². The number of piperazine rings is 1. The van der Waals surface area contributed by atoms with Crippen molar-refractivity contribution in [3.8, 4) is 0 Å². The molecular formula is C16H32N2. The summed E-state index contributed by atoms with van der Waals surface area (Å²) >= 11 is 0. The summed E-state index contributed by atoms with van der Waals surface area (Å²) in [5.74, 6) is 0. The monoisotopic (exact) mass is 252 g/mol. The highest BCUT2D eigenvalue weighted by Gasteiger charge is 2.37. The van der Waals surface area contributed by atoms with Crippen LogP contribution in [0.2, 0.25) is 0 Å². The standard InChI is InChI=1S/C16H32N2/c1-6-9-15-12-18(11-10-14(4)5)16(7-2,8-3)13-17-15/h10,15,17H,6-9,11-13H2,1-5H3. The van der Waals surface area contributed by atoms with Gasteiger partial charge in [0, 0.05) is 31.2 Å². The predicted octanol–water partition coefficient (Wildman–Crippen LogP) is 3.59. The highest BCUT2D eigenvalue weighted by molar-refractivity contribution is 5.02. The quantitative estimate of drug-likeness (QED) is 0.727. The molecule has 1 aliphatic heterocycles. The van der Waals surface area contributed by atoms with E-state index in [2.05, 4.69) is 50.9 Å².